The van der Waals surface area contributed by atoms with Crippen LogP contribution < -0.4 is 10.1 Å². The second-order valence-corrected chi connectivity index (χ2v) is 12.6. The Morgan fingerprint density at radius 2 is 1.50 bits per heavy atom. The first kappa shape index (κ1) is 37.4. The third-order valence-electron chi connectivity index (χ3n) is 7.54. The van der Waals surface area contributed by atoms with Gasteiger partial charge in [0, 0.05) is 38.7 Å². The van der Waals surface area contributed by atoms with E-state index >= 15 is 0 Å². The highest BCUT2D eigenvalue weighted by Crippen LogP contribution is 2.22. The van der Waals surface area contributed by atoms with Gasteiger partial charge in [-0.2, -0.15) is 5.10 Å². The Kier molecular flexibility index (Phi) is 13.0. The zero-order valence-corrected chi connectivity index (χ0v) is 29.1. The summed E-state index contributed by atoms with van der Waals surface area (Å²) in [5.74, 6) is -2.15. The van der Waals surface area contributed by atoms with Crippen LogP contribution in [0.25, 0.3) is 5.69 Å². The highest BCUT2D eigenvalue weighted by molar-refractivity contribution is 5.96. The summed E-state index contributed by atoms with van der Waals surface area (Å²) in [5.41, 5.74) is 0.562. The van der Waals surface area contributed by atoms with Crippen molar-refractivity contribution in [3.63, 3.8) is 0 Å². The van der Waals surface area contributed by atoms with Gasteiger partial charge in [-0.3, -0.25) is 14.4 Å². The van der Waals surface area contributed by atoms with Crippen LogP contribution in [0.3, 0.4) is 0 Å². The molecule has 1 saturated heterocycles. The van der Waals surface area contributed by atoms with Crippen molar-refractivity contribution in [2.75, 3.05) is 32.8 Å². The Morgan fingerprint density at radius 1 is 0.880 bits per heavy atom. The minimum Gasteiger partial charge on any atom is -0.463 e. The smallest absolute Gasteiger partial charge is 0.409 e. The number of amides is 3. The van der Waals surface area contributed by atoms with E-state index in [4.69, 9.17) is 18.9 Å². The number of rotatable bonds is 13. The van der Waals surface area contributed by atoms with Gasteiger partial charge in [-0.1, -0.05) is 48.5 Å². The number of aromatic nitrogens is 2. The first-order chi connectivity index (χ1) is 23.8. The molecule has 0 radical (unpaired) electrons. The fraction of sp³-hybridized carbons (Fsp3) is 0.444. The van der Waals surface area contributed by atoms with Crippen molar-refractivity contribution < 1.29 is 42.9 Å². The number of para-hydroxylation sites is 1. The van der Waals surface area contributed by atoms with E-state index in [1.165, 1.54) is 27.5 Å². The average Bonchev–Trinajstić information content (AvgIpc) is 3.52. The van der Waals surface area contributed by atoms with Gasteiger partial charge in [0.1, 0.15) is 18.2 Å². The van der Waals surface area contributed by atoms with E-state index in [1.807, 2.05) is 36.4 Å². The Bertz CT molecular complexity index is 1610. The van der Waals surface area contributed by atoms with Crippen LogP contribution >= 0.6 is 0 Å². The first-order valence-electron chi connectivity index (χ1n) is 16.6. The van der Waals surface area contributed by atoms with Crippen molar-refractivity contribution >= 4 is 29.8 Å². The number of benzene rings is 2. The molecule has 14 nitrogen and oxygen atoms in total. The van der Waals surface area contributed by atoms with Gasteiger partial charge in [-0.15, -0.1) is 0 Å². The van der Waals surface area contributed by atoms with Crippen molar-refractivity contribution in [2.24, 2.45) is 0 Å². The van der Waals surface area contributed by atoms with Crippen molar-refractivity contribution in [3.05, 3.63) is 78.0 Å². The monoisotopic (exact) mass is 691 g/mol. The molecule has 0 bridgehead atoms. The van der Waals surface area contributed by atoms with Crippen LogP contribution in [-0.4, -0.2) is 100.0 Å². The summed E-state index contributed by atoms with van der Waals surface area (Å²) in [6, 6.07) is 18.4. The van der Waals surface area contributed by atoms with E-state index in [1.54, 1.807) is 52.0 Å². The normalized spacial score (nSPS) is 14.3. The number of carbonyl (C=O) groups is 5. The minimum atomic E-state index is -1.11. The fourth-order valence-corrected chi connectivity index (χ4v) is 5.08. The Labute approximate surface area is 291 Å². The van der Waals surface area contributed by atoms with Gasteiger partial charge in [0.05, 0.1) is 12.3 Å². The molecule has 268 valence electrons. The van der Waals surface area contributed by atoms with E-state index in [2.05, 4.69) is 10.4 Å². The number of ether oxygens (including phenoxy) is 4. The van der Waals surface area contributed by atoms with E-state index in [0.29, 0.717) is 5.69 Å². The number of esters is 2. The molecule has 0 spiro atoms. The van der Waals surface area contributed by atoms with Gasteiger partial charge in [-0.25, -0.2) is 14.3 Å². The van der Waals surface area contributed by atoms with Crippen LogP contribution in [0.2, 0.25) is 0 Å². The lowest BCUT2D eigenvalue weighted by Gasteiger charge is -2.36. The quantitative estimate of drug-likeness (QED) is 0.206. The number of piperazine rings is 1. The maximum absolute atomic E-state index is 13.8. The second-order valence-electron chi connectivity index (χ2n) is 12.6. The number of hydrogen-bond donors (Lipinski definition) is 1. The molecule has 1 N–H and O–H groups in total. The van der Waals surface area contributed by atoms with Crippen LogP contribution in [0.4, 0.5) is 4.79 Å². The molecular formula is C36H45N5O9. The molecule has 50 heavy (non-hydrogen) atoms. The molecule has 1 aromatic heterocycles. The van der Waals surface area contributed by atoms with Crippen LogP contribution in [0, 0.1) is 0 Å². The second kappa shape index (κ2) is 17.3. The summed E-state index contributed by atoms with van der Waals surface area (Å²) in [7, 11) is 0. The lowest BCUT2D eigenvalue weighted by Crippen LogP contribution is -2.56. The Hall–Kier alpha value is -5.40. The van der Waals surface area contributed by atoms with E-state index in [9.17, 15) is 24.0 Å². The molecule has 4 rings (SSSR count). The topological polar surface area (TPSA) is 159 Å². The van der Waals surface area contributed by atoms with Crippen LogP contribution in [0.5, 0.6) is 5.88 Å². The summed E-state index contributed by atoms with van der Waals surface area (Å²) in [6.45, 7) is 9.72. The molecule has 3 amide bonds. The molecule has 14 heteroatoms. The van der Waals surface area contributed by atoms with Crippen molar-refractivity contribution in [1.82, 2.24) is 24.9 Å². The zero-order valence-electron chi connectivity index (χ0n) is 29.1. The number of nitrogens with zero attached hydrogens (tertiary/aromatic N) is 4. The molecule has 0 unspecified atom stereocenters. The van der Waals surface area contributed by atoms with Gasteiger partial charge < -0.3 is 34.1 Å². The van der Waals surface area contributed by atoms with Gasteiger partial charge in [0.25, 0.3) is 5.91 Å². The van der Waals surface area contributed by atoms with Crippen molar-refractivity contribution in [3.8, 4) is 11.6 Å². The number of hydrogen-bond acceptors (Lipinski definition) is 10. The summed E-state index contributed by atoms with van der Waals surface area (Å²) in [4.78, 5) is 68.1. The van der Waals surface area contributed by atoms with Gasteiger partial charge in [0.2, 0.25) is 11.8 Å². The summed E-state index contributed by atoms with van der Waals surface area (Å²) in [5, 5.41) is 7.20. The SMILES string of the molecule is CCOC(=O)N1CCN(C(=O)[C@H](CCC(=O)OC(C)(C)C)NC(=O)c2cc(O[C@H](C)C(=O)OCc3ccccc3)n(-c3ccccc3)n2)CC1. The van der Waals surface area contributed by atoms with Crippen molar-refractivity contribution in [2.45, 2.75) is 71.8 Å². The summed E-state index contributed by atoms with van der Waals surface area (Å²) >= 11 is 0. The number of nitrogens with one attached hydrogen (secondary N) is 1. The summed E-state index contributed by atoms with van der Waals surface area (Å²) in [6.07, 6.45) is -1.68. The highest BCUT2D eigenvalue weighted by atomic mass is 16.6. The molecule has 1 aliphatic heterocycles. The molecule has 3 aromatic rings. The Morgan fingerprint density at radius 3 is 2.12 bits per heavy atom. The third-order valence-corrected chi connectivity index (χ3v) is 7.54. The minimum absolute atomic E-state index is 0.0371. The first-order valence-corrected chi connectivity index (χ1v) is 16.6. The highest BCUT2D eigenvalue weighted by Gasteiger charge is 2.32. The fourth-order valence-electron chi connectivity index (χ4n) is 5.08. The molecular weight excluding hydrogens is 646 g/mol. The predicted molar refractivity (Wildman–Crippen MR) is 181 cm³/mol. The summed E-state index contributed by atoms with van der Waals surface area (Å²) < 4.78 is 23.3. The molecule has 1 fully saturated rings. The van der Waals surface area contributed by atoms with Crippen LogP contribution in [-0.2, 0) is 35.2 Å². The number of carbonyl (C=O) groups excluding carboxylic acids is 5. The third kappa shape index (κ3) is 10.8. The van der Waals surface area contributed by atoms with E-state index in [0.717, 1.165) is 5.56 Å². The maximum atomic E-state index is 13.8. The molecule has 1 aliphatic rings. The molecule has 0 aliphatic carbocycles. The zero-order chi connectivity index (χ0) is 36.3. The maximum Gasteiger partial charge on any atom is 0.409 e. The van der Waals surface area contributed by atoms with E-state index in [-0.39, 0.29) is 63.8 Å². The predicted octanol–water partition coefficient (Wildman–Crippen LogP) is 3.90. The molecule has 2 atom stereocenters. The largest absolute Gasteiger partial charge is 0.463 e. The molecule has 2 aromatic carbocycles. The van der Waals surface area contributed by atoms with Crippen molar-refractivity contribution in [1.29, 1.82) is 0 Å². The lowest BCUT2D eigenvalue weighted by molar-refractivity contribution is -0.155. The lowest BCUT2D eigenvalue weighted by atomic mass is 10.1. The van der Waals surface area contributed by atoms with Gasteiger partial charge >= 0.3 is 18.0 Å². The Balaban J connectivity index is 1.51. The van der Waals surface area contributed by atoms with E-state index < -0.39 is 47.6 Å². The average molecular weight is 692 g/mol. The molecule has 0 saturated carbocycles. The standard InChI is InChI=1S/C36H45N5O9/c1-6-47-35(46)40-21-19-39(20-22-40)33(44)28(17-18-31(42)50-36(3,4)5)37-32(43)29-23-30(41(38-29)27-15-11-8-12-16-27)49-25(2)34(45)48-24-26-13-9-7-10-14-26/h7-16,23,25,28H,6,17-22,24H2,1-5H3,(H,37,43)/t25-,28+/m1/s1. The van der Waals surface area contributed by atoms with Gasteiger partial charge in [0.15, 0.2) is 11.8 Å². The van der Waals surface area contributed by atoms with Gasteiger partial charge in [-0.05, 0) is 58.7 Å². The van der Waals surface area contributed by atoms with Crippen LogP contribution in [0.15, 0.2) is 66.7 Å². The molecule has 2 heterocycles. The van der Waals surface area contributed by atoms with Crippen LogP contribution in [0.1, 0.15) is 63.5 Å².